The zero-order valence-electron chi connectivity index (χ0n) is 12.2. The number of hydrogen-bond acceptors (Lipinski definition) is 5. The van der Waals surface area contributed by atoms with Gasteiger partial charge in [-0.1, -0.05) is 29.4 Å². The summed E-state index contributed by atoms with van der Waals surface area (Å²) in [7, 11) is 0. The maximum absolute atomic E-state index is 12.4. The van der Waals surface area contributed by atoms with E-state index in [4.69, 9.17) is 11.6 Å². The van der Waals surface area contributed by atoms with E-state index in [9.17, 15) is 10.1 Å². The number of carbonyl (C=O) groups is 1. The van der Waals surface area contributed by atoms with Gasteiger partial charge < -0.3 is 0 Å². The Bertz CT molecular complexity index is 918. The first-order valence-corrected chi connectivity index (χ1v) is 9.83. The lowest BCUT2D eigenvalue weighted by molar-refractivity contribution is 0.104. The highest BCUT2D eigenvalue weighted by atomic mass is 35.5. The van der Waals surface area contributed by atoms with E-state index < -0.39 is 0 Å². The molecular weight excluding hydrogens is 378 g/mol. The molecule has 0 aliphatic heterocycles. The van der Waals surface area contributed by atoms with Crippen molar-refractivity contribution < 1.29 is 4.79 Å². The zero-order valence-corrected chi connectivity index (χ0v) is 15.4. The van der Waals surface area contributed by atoms with E-state index in [0.29, 0.717) is 9.90 Å². The average molecular weight is 388 g/mol. The zero-order chi connectivity index (χ0) is 16.9. The fourth-order valence-electron chi connectivity index (χ4n) is 1.95. The molecule has 0 atom stereocenters. The predicted octanol–water partition coefficient (Wildman–Crippen LogP) is 6.40. The standard InChI is InChI=1S/C18H10ClNOS3/c19-14-3-5-15(6-4-14)24-18-12(7-9-23-18)10-13(11-20)17(21)16-2-1-8-22-16/h1-10H. The van der Waals surface area contributed by atoms with E-state index >= 15 is 0 Å². The summed E-state index contributed by atoms with van der Waals surface area (Å²) in [6.45, 7) is 0. The number of thiophene rings is 2. The van der Waals surface area contributed by atoms with Gasteiger partial charge in [-0.25, -0.2) is 0 Å². The Morgan fingerprint density at radius 1 is 1.12 bits per heavy atom. The van der Waals surface area contributed by atoms with Gasteiger partial charge >= 0.3 is 0 Å². The van der Waals surface area contributed by atoms with Gasteiger partial charge in [0, 0.05) is 15.5 Å². The molecule has 0 radical (unpaired) electrons. The molecule has 2 nitrogen and oxygen atoms in total. The highest BCUT2D eigenvalue weighted by Crippen LogP contribution is 2.36. The summed E-state index contributed by atoms with van der Waals surface area (Å²) in [4.78, 5) is 14.0. The molecule has 118 valence electrons. The number of nitriles is 1. The van der Waals surface area contributed by atoms with Crippen LogP contribution in [0, 0.1) is 11.3 Å². The first-order valence-electron chi connectivity index (χ1n) is 6.88. The third kappa shape index (κ3) is 3.97. The molecule has 3 rings (SSSR count). The van der Waals surface area contributed by atoms with Gasteiger partial charge in [-0.05, 0) is 53.2 Å². The van der Waals surface area contributed by atoms with Crippen molar-refractivity contribution in [1.82, 2.24) is 0 Å². The molecule has 0 spiro atoms. The fourth-order valence-corrected chi connectivity index (χ4v) is 4.73. The number of nitrogens with zero attached hydrogens (tertiary/aromatic N) is 1. The molecule has 6 heteroatoms. The summed E-state index contributed by atoms with van der Waals surface area (Å²) in [6, 6.07) is 15.1. The summed E-state index contributed by atoms with van der Waals surface area (Å²) < 4.78 is 1.03. The molecule has 0 aliphatic carbocycles. The molecule has 0 saturated heterocycles. The molecule has 24 heavy (non-hydrogen) atoms. The molecule has 1 aromatic carbocycles. The highest BCUT2D eigenvalue weighted by molar-refractivity contribution is 8.01. The largest absolute Gasteiger partial charge is 0.287 e. The van der Waals surface area contributed by atoms with Crippen LogP contribution in [-0.2, 0) is 0 Å². The van der Waals surface area contributed by atoms with E-state index in [1.165, 1.54) is 11.3 Å². The van der Waals surface area contributed by atoms with Crippen LogP contribution < -0.4 is 0 Å². The molecule has 0 amide bonds. The number of halogens is 1. The van der Waals surface area contributed by atoms with Crippen LogP contribution in [0.5, 0.6) is 0 Å². The molecular formula is C18H10ClNOS3. The van der Waals surface area contributed by atoms with Crippen molar-refractivity contribution >= 4 is 57.9 Å². The quantitative estimate of drug-likeness (QED) is 0.288. The predicted molar refractivity (Wildman–Crippen MR) is 102 cm³/mol. The second-order valence-corrected chi connectivity index (χ2v) is 8.34. The number of hydrogen-bond donors (Lipinski definition) is 0. The molecule has 3 aromatic rings. The number of Topliss-reactive ketones (excluding diaryl/α,β-unsaturated/α-hetero) is 1. The van der Waals surface area contributed by atoms with Crippen molar-refractivity contribution in [1.29, 1.82) is 5.26 Å². The van der Waals surface area contributed by atoms with E-state index in [1.54, 1.807) is 41.3 Å². The minimum atomic E-state index is -0.235. The van der Waals surface area contributed by atoms with Crippen molar-refractivity contribution in [2.45, 2.75) is 9.10 Å². The van der Waals surface area contributed by atoms with Gasteiger partial charge in [-0.15, -0.1) is 22.7 Å². The Balaban J connectivity index is 1.87. The topological polar surface area (TPSA) is 40.9 Å². The molecule has 2 heterocycles. The van der Waals surface area contributed by atoms with E-state index in [1.807, 2.05) is 47.2 Å². The second-order valence-electron chi connectivity index (χ2n) is 4.70. The smallest absolute Gasteiger partial charge is 0.213 e. The molecule has 0 fully saturated rings. The Hall–Kier alpha value is -1.84. The summed E-state index contributed by atoms with van der Waals surface area (Å²) in [5.41, 5.74) is 1.02. The van der Waals surface area contributed by atoms with E-state index in [2.05, 4.69) is 0 Å². The van der Waals surface area contributed by atoms with Crippen LogP contribution in [0.15, 0.2) is 67.9 Å². The molecule has 0 N–H and O–H groups in total. The second kappa shape index (κ2) is 7.82. The number of allylic oxidation sites excluding steroid dienone is 1. The third-order valence-corrected chi connectivity index (χ3v) is 6.40. The lowest BCUT2D eigenvalue weighted by Gasteiger charge is -2.02. The maximum Gasteiger partial charge on any atom is 0.213 e. The summed E-state index contributed by atoms with van der Waals surface area (Å²) >= 11 is 10.4. The van der Waals surface area contributed by atoms with Crippen molar-refractivity contribution in [3.63, 3.8) is 0 Å². The normalized spacial score (nSPS) is 11.2. The van der Waals surface area contributed by atoms with Gasteiger partial charge in [0.05, 0.1) is 9.09 Å². The summed E-state index contributed by atoms with van der Waals surface area (Å²) in [5.74, 6) is -0.235. The maximum atomic E-state index is 12.4. The number of ketones is 1. The Morgan fingerprint density at radius 3 is 2.58 bits per heavy atom. The van der Waals surface area contributed by atoms with Crippen molar-refractivity contribution in [3.05, 3.63) is 74.3 Å². The van der Waals surface area contributed by atoms with Crippen molar-refractivity contribution in [2.24, 2.45) is 0 Å². The van der Waals surface area contributed by atoms with Gasteiger partial charge in [-0.2, -0.15) is 5.26 Å². The Labute approximate surface area is 157 Å². The molecule has 2 aromatic heterocycles. The number of carbonyl (C=O) groups excluding carboxylic acids is 1. The van der Waals surface area contributed by atoms with Gasteiger partial charge in [-0.3, -0.25) is 4.79 Å². The first-order chi connectivity index (χ1) is 11.7. The van der Waals surface area contributed by atoms with Crippen LogP contribution in [0.25, 0.3) is 6.08 Å². The van der Waals surface area contributed by atoms with Gasteiger partial charge in [0.15, 0.2) is 0 Å². The summed E-state index contributed by atoms with van der Waals surface area (Å²) in [6.07, 6.45) is 1.66. The average Bonchev–Trinajstić information content (AvgIpc) is 3.26. The molecule has 0 unspecified atom stereocenters. The number of benzene rings is 1. The van der Waals surface area contributed by atoms with Crippen molar-refractivity contribution in [2.75, 3.05) is 0 Å². The van der Waals surface area contributed by atoms with Crippen LogP contribution >= 0.6 is 46.0 Å². The SMILES string of the molecule is N#CC(=Cc1ccsc1Sc1ccc(Cl)cc1)C(=O)c1cccs1. The molecule has 0 aliphatic rings. The number of rotatable bonds is 5. The van der Waals surface area contributed by atoms with Crippen LogP contribution in [0.3, 0.4) is 0 Å². The monoisotopic (exact) mass is 387 g/mol. The Morgan fingerprint density at radius 2 is 1.92 bits per heavy atom. The van der Waals surface area contributed by atoms with Crippen LogP contribution in [-0.4, -0.2) is 5.78 Å². The van der Waals surface area contributed by atoms with Crippen molar-refractivity contribution in [3.8, 4) is 6.07 Å². The van der Waals surface area contributed by atoms with Crippen LogP contribution in [0.1, 0.15) is 15.2 Å². The van der Waals surface area contributed by atoms with E-state index in [-0.39, 0.29) is 11.4 Å². The third-order valence-electron chi connectivity index (χ3n) is 3.09. The van der Waals surface area contributed by atoms with Gasteiger partial charge in [0.25, 0.3) is 0 Å². The molecule has 0 bridgehead atoms. The van der Waals surface area contributed by atoms with Gasteiger partial charge in [0.1, 0.15) is 11.6 Å². The lowest BCUT2D eigenvalue weighted by atomic mass is 10.1. The lowest BCUT2D eigenvalue weighted by Crippen LogP contribution is -1.98. The fraction of sp³-hybridized carbons (Fsp3) is 0. The highest BCUT2D eigenvalue weighted by Gasteiger charge is 2.14. The molecule has 0 saturated carbocycles. The van der Waals surface area contributed by atoms with Gasteiger partial charge in [0.2, 0.25) is 5.78 Å². The Kier molecular flexibility index (Phi) is 5.54. The minimum Gasteiger partial charge on any atom is -0.287 e. The summed E-state index contributed by atoms with van der Waals surface area (Å²) in [5, 5.41) is 13.8. The van der Waals surface area contributed by atoms with E-state index in [0.717, 1.165) is 14.7 Å². The van der Waals surface area contributed by atoms with Crippen LogP contribution in [0.4, 0.5) is 0 Å². The minimum absolute atomic E-state index is 0.147. The van der Waals surface area contributed by atoms with Crippen LogP contribution in [0.2, 0.25) is 5.02 Å². The first kappa shape index (κ1) is 17.0.